The number of carboxylic acids is 1. The third-order valence-electron chi connectivity index (χ3n) is 3.22. The Morgan fingerprint density at radius 2 is 1.75 bits per heavy atom. The molecule has 0 spiro atoms. The molecule has 4 nitrogen and oxygen atoms in total. The molecule has 2 N–H and O–H groups in total. The van der Waals surface area contributed by atoms with Crippen LogP contribution in [0.3, 0.4) is 0 Å². The normalized spacial score (nSPS) is 14.6. The fourth-order valence-corrected chi connectivity index (χ4v) is 1.49. The van der Waals surface area contributed by atoms with Crippen molar-refractivity contribution in [3.8, 4) is 0 Å². The molecule has 16 heavy (non-hydrogen) atoms. The van der Waals surface area contributed by atoms with Gasteiger partial charge in [-0.3, -0.25) is 4.79 Å². The number of hydrogen-bond acceptors (Lipinski definition) is 2. The van der Waals surface area contributed by atoms with Gasteiger partial charge in [-0.2, -0.15) is 0 Å². The molecule has 0 aromatic rings. The summed E-state index contributed by atoms with van der Waals surface area (Å²) in [7, 11) is 0. The number of rotatable bonds is 7. The zero-order valence-corrected chi connectivity index (χ0v) is 10.7. The van der Waals surface area contributed by atoms with Crippen molar-refractivity contribution in [2.45, 2.75) is 58.9 Å². The second kappa shape index (κ2) is 6.51. The Morgan fingerprint density at radius 3 is 2.06 bits per heavy atom. The molecule has 0 saturated carbocycles. The fraction of sp³-hybridized carbons (Fsp3) is 0.833. The zero-order chi connectivity index (χ0) is 12.8. The Balaban J connectivity index is 4.37. The Labute approximate surface area is 97.4 Å². The summed E-state index contributed by atoms with van der Waals surface area (Å²) in [4.78, 5) is 22.7. The first-order valence-corrected chi connectivity index (χ1v) is 5.94. The molecule has 0 saturated heterocycles. The molecule has 0 aliphatic carbocycles. The van der Waals surface area contributed by atoms with Gasteiger partial charge in [-0.25, -0.2) is 4.79 Å². The van der Waals surface area contributed by atoms with E-state index in [4.69, 9.17) is 5.11 Å². The van der Waals surface area contributed by atoms with Crippen LogP contribution in [0.25, 0.3) is 0 Å². The first-order valence-electron chi connectivity index (χ1n) is 5.94. The highest BCUT2D eigenvalue weighted by atomic mass is 16.4. The monoisotopic (exact) mass is 229 g/mol. The number of carboxylic acid groups (broad SMARTS) is 1. The van der Waals surface area contributed by atoms with Crippen LogP contribution in [0.2, 0.25) is 0 Å². The lowest BCUT2D eigenvalue weighted by molar-refractivity contribution is -0.147. The summed E-state index contributed by atoms with van der Waals surface area (Å²) in [6, 6.07) is 0. The molecule has 0 aliphatic heterocycles. The summed E-state index contributed by atoms with van der Waals surface area (Å²) in [6.07, 6.45) is 2.69. The average molecular weight is 229 g/mol. The fourth-order valence-electron chi connectivity index (χ4n) is 1.49. The summed E-state index contributed by atoms with van der Waals surface area (Å²) in [6.45, 7) is 7.38. The molecule has 0 aromatic carbocycles. The molecular formula is C12H23NO3. The van der Waals surface area contributed by atoms with Crippen molar-refractivity contribution in [2.24, 2.45) is 5.92 Å². The van der Waals surface area contributed by atoms with Gasteiger partial charge >= 0.3 is 5.97 Å². The Hall–Kier alpha value is -1.06. The van der Waals surface area contributed by atoms with Crippen molar-refractivity contribution in [3.05, 3.63) is 0 Å². The smallest absolute Gasteiger partial charge is 0.329 e. The molecule has 0 aliphatic rings. The summed E-state index contributed by atoms with van der Waals surface area (Å²) in [5.41, 5.74) is -1.14. The van der Waals surface area contributed by atoms with Gasteiger partial charge < -0.3 is 10.4 Å². The van der Waals surface area contributed by atoms with Gasteiger partial charge in [-0.15, -0.1) is 0 Å². The van der Waals surface area contributed by atoms with Crippen LogP contribution in [0.15, 0.2) is 0 Å². The van der Waals surface area contributed by atoms with E-state index in [1.165, 1.54) is 0 Å². The molecular weight excluding hydrogens is 206 g/mol. The van der Waals surface area contributed by atoms with Gasteiger partial charge in [0.15, 0.2) is 0 Å². The SMILES string of the molecule is CCC(CC)CC(=O)NC(C)(CC)C(=O)O. The van der Waals surface area contributed by atoms with E-state index < -0.39 is 11.5 Å². The van der Waals surface area contributed by atoms with Crippen molar-refractivity contribution in [3.63, 3.8) is 0 Å². The highest BCUT2D eigenvalue weighted by Crippen LogP contribution is 2.15. The third kappa shape index (κ3) is 4.21. The molecule has 0 aromatic heterocycles. The standard InChI is InChI=1S/C12H23NO3/c1-5-9(6-2)8-10(14)13-12(4,7-3)11(15)16/h9H,5-8H2,1-4H3,(H,13,14)(H,15,16). The lowest BCUT2D eigenvalue weighted by Gasteiger charge is -2.25. The Morgan fingerprint density at radius 1 is 1.25 bits per heavy atom. The number of carbonyl (C=O) groups excluding carboxylic acids is 1. The third-order valence-corrected chi connectivity index (χ3v) is 3.22. The maximum absolute atomic E-state index is 11.7. The molecule has 0 bridgehead atoms. The number of hydrogen-bond donors (Lipinski definition) is 2. The van der Waals surface area contributed by atoms with E-state index in [2.05, 4.69) is 5.32 Å². The van der Waals surface area contributed by atoms with Crippen LogP contribution in [-0.2, 0) is 9.59 Å². The van der Waals surface area contributed by atoms with Gasteiger partial charge in [0.1, 0.15) is 5.54 Å². The van der Waals surface area contributed by atoms with Gasteiger partial charge in [0.05, 0.1) is 0 Å². The van der Waals surface area contributed by atoms with Crippen LogP contribution < -0.4 is 5.32 Å². The molecule has 4 heteroatoms. The van der Waals surface area contributed by atoms with Crippen molar-refractivity contribution in [2.75, 3.05) is 0 Å². The largest absolute Gasteiger partial charge is 0.480 e. The minimum absolute atomic E-state index is 0.166. The van der Waals surface area contributed by atoms with Crippen LogP contribution in [0.1, 0.15) is 53.4 Å². The van der Waals surface area contributed by atoms with E-state index in [9.17, 15) is 9.59 Å². The highest BCUT2D eigenvalue weighted by molar-refractivity contribution is 5.86. The first kappa shape index (κ1) is 14.9. The number of nitrogens with one attached hydrogen (secondary N) is 1. The lowest BCUT2D eigenvalue weighted by atomic mass is 9.95. The molecule has 1 amide bonds. The maximum Gasteiger partial charge on any atom is 0.329 e. The van der Waals surface area contributed by atoms with E-state index in [1.807, 2.05) is 13.8 Å². The summed E-state index contributed by atoms with van der Waals surface area (Å²) >= 11 is 0. The van der Waals surface area contributed by atoms with E-state index in [0.29, 0.717) is 18.8 Å². The number of amides is 1. The summed E-state index contributed by atoms with van der Waals surface area (Å²) in [5, 5.41) is 11.6. The number of aliphatic carboxylic acids is 1. The van der Waals surface area contributed by atoms with Gasteiger partial charge in [-0.05, 0) is 19.3 Å². The average Bonchev–Trinajstić information content (AvgIpc) is 2.25. The first-order chi connectivity index (χ1) is 7.39. The molecule has 0 heterocycles. The van der Waals surface area contributed by atoms with E-state index in [1.54, 1.807) is 13.8 Å². The molecule has 0 rings (SSSR count). The van der Waals surface area contributed by atoms with Crippen molar-refractivity contribution in [1.29, 1.82) is 0 Å². The van der Waals surface area contributed by atoms with Gasteiger partial charge in [-0.1, -0.05) is 33.6 Å². The highest BCUT2D eigenvalue weighted by Gasteiger charge is 2.32. The Kier molecular flexibility index (Phi) is 6.08. The van der Waals surface area contributed by atoms with Crippen LogP contribution in [0.5, 0.6) is 0 Å². The van der Waals surface area contributed by atoms with Crippen molar-refractivity contribution < 1.29 is 14.7 Å². The predicted octanol–water partition coefficient (Wildman–Crippen LogP) is 2.18. The second-order valence-electron chi connectivity index (χ2n) is 4.43. The lowest BCUT2D eigenvalue weighted by Crippen LogP contribution is -2.52. The van der Waals surface area contributed by atoms with Crippen molar-refractivity contribution in [1.82, 2.24) is 5.32 Å². The van der Waals surface area contributed by atoms with E-state index >= 15 is 0 Å². The molecule has 1 atom stereocenters. The van der Waals surface area contributed by atoms with E-state index in [0.717, 1.165) is 12.8 Å². The minimum Gasteiger partial charge on any atom is -0.480 e. The predicted molar refractivity (Wildman–Crippen MR) is 63.2 cm³/mol. The molecule has 0 fully saturated rings. The van der Waals surface area contributed by atoms with Gasteiger partial charge in [0.25, 0.3) is 0 Å². The van der Waals surface area contributed by atoms with E-state index in [-0.39, 0.29) is 5.91 Å². The topological polar surface area (TPSA) is 66.4 Å². The molecule has 0 radical (unpaired) electrons. The van der Waals surface area contributed by atoms with Gasteiger partial charge in [0, 0.05) is 6.42 Å². The second-order valence-corrected chi connectivity index (χ2v) is 4.43. The van der Waals surface area contributed by atoms with Crippen LogP contribution in [0, 0.1) is 5.92 Å². The molecule has 1 unspecified atom stereocenters. The number of carbonyl (C=O) groups is 2. The Bertz CT molecular complexity index is 249. The minimum atomic E-state index is -1.14. The van der Waals surface area contributed by atoms with Crippen molar-refractivity contribution >= 4 is 11.9 Å². The van der Waals surface area contributed by atoms with Crippen LogP contribution in [0.4, 0.5) is 0 Å². The quantitative estimate of drug-likeness (QED) is 0.703. The zero-order valence-electron chi connectivity index (χ0n) is 10.7. The van der Waals surface area contributed by atoms with Gasteiger partial charge in [0.2, 0.25) is 5.91 Å². The summed E-state index contributed by atoms with van der Waals surface area (Å²) in [5.74, 6) is -0.803. The van der Waals surface area contributed by atoms with Crippen LogP contribution >= 0.6 is 0 Å². The maximum atomic E-state index is 11.7. The van der Waals surface area contributed by atoms with Crippen LogP contribution in [-0.4, -0.2) is 22.5 Å². The molecule has 94 valence electrons. The summed E-state index contributed by atoms with van der Waals surface area (Å²) < 4.78 is 0.